The molecule has 2 heterocycles. The van der Waals surface area contributed by atoms with Gasteiger partial charge >= 0.3 is 6.18 Å². The Balaban J connectivity index is 2.67. The molecule has 4 N–H and O–H groups in total. The maximum absolute atomic E-state index is 13.2. The Morgan fingerprint density at radius 2 is 1.86 bits per heavy atom. The van der Waals surface area contributed by atoms with Crippen molar-refractivity contribution in [1.29, 1.82) is 0 Å². The predicted molar refractivity (Wildman–Crippen MR) is 97.5 cm³/mol. The third-order valence-corrected chi connectivity index (χ3v) is 6.84. The maximum Gasteiger partial charge on any atom is 0.419 e. The molecule has 2 aromatic rings. The molecule has 0 aliphatic heterocycles. The highest BCUT2D eigenvalue weighted by molar-refractivity contribution is 7.93. The number of rotatable bonds is 5. The maximum atomic E-state index is 13.2. The summed E-state index contributed by atoms with van der Waals surface area (Å²) in [6.45, 7) is 2.26. The molecule has 0 saturated heterocycles. The second kappa shape index (κ2) is 7.55. The number of nitrogens with two attached hydrogens (primary N) is 1. The first-order valence-electron chi connectivity index (χ1n) is 7.51. The van der Waals surface area contributed by atoms with Crippen molar-refractivity contribution in [2.24, 2.45) is 5.73 Å². The van der Waals surface area contributed by atoms with E-state index in [0.29, 0.717) is 12.1 Å². The molecule has 0 atom stereocenters. The van der Waals surface area contributed by atoms with Crippen LogP contribution in [0, 0.1) is 0 Å². The Morgan fingerprint density at radius 3 is 2.34 bits per heavy atom. The van der Waals surface area contributed by atoms with Gasteiger partial charge in [-0.1, -0.05) is 11.6 Å². The molecule has 0 bridgehead atoms. The van der Waals surface area contributed by atoms with Crippen molar-refractivity contribution in [3.05, 3.63) is 34.5 Å². The Morgan fingerprint density at radius 1 is 1.28 bits per heavy atom. The van der Waals surface area contributed by atoms with E-state index in [9.17, 15) is 36.3 Å². The molecular formula is C15H13ClF3N3O5S2. The predicted octanol–water partition coefficient (Wildman–Crippen LogP) is 2.46. The third kappa shape index (κ3) is 4.86. The smallest absolute Gasteiger partial charge is 0.381 e. The van der Waals surface area contributed by atoms with Crippen LogP contribution in [-0.2, 0) is 20.8 Å². The Hall–Kier alpha value is -2.22. The summed E-state index contributed by atoms with van der Waals surface area (Å²) in [6.07, 6.45) is -5.05. The summed E-state index contributed by atoms with van der Waals surface area (Å²) in [5, 5.41) is 9.59. The lowest BCUT2D eigenvalue weighted by Gasteiger charge is -2.16. The summed E-state index contributed by atoms with van der Waals surface area (Å²) < 4.78 is 64.6. The molecule has 0 unspecified atom stereocenters. The van der Waals surface area contributed by atoms with Crippen molar-refractivity contribution in [3.63, 3.8) is 0 Å². The van der Waals surface area contributed by atoms with E-state index in [1.807, 2.05) is 0 Å². The fourth-order valence-corrected chi connectivity index (χ4v) is 5.04. The number of aliphatic hydroxyl groups is 1. The molecule has 0 fully saturated rings. The summed E-state index contributed by atoms with van der Waals surface area (Å²) in [5.41, 5.74) is 1.24. The van der Waals surface area contributed by atoms with Crippen molar-refractivity contribution in [2.75, 3.05) is 5.32 Å². The van der Waals surface area contributed by atoms with E-state index in [-0.39, 0.29) is 16.3 Å². The molecule has 0 aliphatic carbocycles. The number of pyridine rings is 1. The van der Waals surface area contributed by atoms with E-state index in [2.05, 4.69) is 10.3 Å². The number of amides is 2. The summed E-state index contributed by atoms with van der Waals surface area (Å²) in [4.78, 5) is 26.8. The highest BCUT2D eigenvalue weighted by Gasteiger charge is 2.40. The number of nitrogens with zero attached hydrogens (tertiary/aromatic N) is 1. The zero-order valence-corrected chi connectivity index (χ0v) is 17.1. The zero-order valence-electron chi connectivity index (χ0n) is 14.7. The van der Waals surface area contributed by atoms with E-state index < -0.39 is 58.9 Å². The van der Waals surface area contributed by atoms with Crippen LogP contribution in [0.4, 0.5) is 18.2 Å². The van der Waals surface area contributed by atoms with Gasteiger partial charge in [-0.3, -0.25) is 9.59 Å². The first-order valence-corrected chi connectivity index (χ1v) is 10.2. The van der Waals surface area contributed by atoms with Gasteiger partial charge in [-0.15, -0.1) is 11.3 Å². The van der Waals surface area contributed by atoms with Crippen LogP contribution in [-0.4, -0.2) is 35.9 Å². The monoisotopic (exact) mass is 471 g/mol. The van der Waals surface area contributed by atoms with Gasteiger partial charge in [-0.05, 0) is 32.0 Å². The number of nitrogens with one attached hydrogen (secondary N) is 1. The quantitative estimate of drug-likeness (QED) is 0.572. The average molecular weight is 472 g/mol. The summed E-state index contributed by atoms with van der Waals surface area (Å²) in [7, 11) is -4.90. The highest BCUT2D eigenvalue weighted by Crippen LogP contribution is 2.39. The van der Waals surface area contributed by atoms with Crippen LogP contribution in [0.1, 0.15) is 29.8 Å². The normalized spacial score (nSPS) is 12.7. The third-order valence-electron chi connectivity index (χ3n) is 3.41. The Bertz CT molecular complexity index is 1090. The molecule has 0 saturated carbocycles. The largest absolute Gasteiger partial charge is 0.419 e. The molecule has 14 heteroatoms. The van der Waals surface area contributed by atoms with Gasteiger partial charge in [-0.2, -0.15) is 13.2 Å². The number of hydrogen-bond acceptors (Lipinski definition) is 7. The van der Waals surface area contributed by atoms with Gasteiger partial charge in [0.25, 0.3) is 11.8 Å². The van der Waals surface area contributed by atoms with Gasteiger partial charge in [-0.25, -0.2) is 13.4 Å². The minimum Gasteiger partial charge on any atom is -0.381 e. The van der Waals surface area contributed by atoms with E-state index in [0.717, 1.165) is 19.9 Å². The molecule has 2 amide bonds. The molecule has 0 spiro atoms. The lowest BCUT2D eigenvalue weighted by molar-refractivity contribution is -0.140. The van der Waals surface area contributed by atoms with E-state index >= 15 is 0 Å². The zero-order chi connectivity index (χ0) is 22.4. The van der Waals surface area contributed by atoms with Gasteiger partial charge in [0.05, 0.1) is 11.1 Å². The number of primary amides is 1. The van der Waals surface area contributed by atoms with Crippen LogP contribution in [0.3, 0.4) is 0 Å². The van der Waals surface area contributed by atoms with Crippen LogP contribution in [0.15, 0.2) is 27.4 Å². The van der Waals surface area contributed by atoms with Crippen molar-refractivity contribution in [2.45, 2.75) is 34.9 Å². The molecule has 29 heavy (non-hydrogen) atoms. The van der Waals surface area contributed by atoms with Crippen LogP contribution >= 0.6 is 22.9 Å². The Labute approximate surface area is 171 Å². The molecule has 2 rings (SSSR count). The van der Waals surface area contributed by atoms with Crippen molar-refractivity contribution >= 4 is 49.6 Å². The molecule has 158 valence electrons. The number of hydrogen-bond donors (Lipinski definition) is 3. The number of anilines is 1. The molecule has 8 nitrogen and oxygen atoms in total. The van der Waals surface area contributed by atoms with Crippen molar-refractivity contribution in [1.82, 2.24) is 4.98 Å². The highest BCUT2D eigenvalue weighted by atomic mass is 35.5. The minimum atomic E-state index is -5.05. The molecule has 2 aromatic heterocycles. The topological polar surface area (TPSA) is 139 Å². The number of carbonyl (C=O) groups is 2. The number of thiophene rings is 1. The van der Waals surface area contributed by atoms with Crippen molar-refractivity contribution in [3.8, 4) is 0 Å². The molecule has 0 aliphatic rings. The average Bonchev–Trinajstić information content (AvgIpc) is 2.97. The number of carbonyl (C=O) groups excluding carboxylic acids is 2. The van der Waals surface area contributed by atoms with Gasteiger partial charge in [0.15, 0.2) is 5.03 Å². The van der Waals surface area contributed by atoms with Gasteiger partial charge in [0.1, 0.15) is 20.0 Å². The molecular weight excluding hydrogens is 459 g/mol. The van der Waals surface area contributed by atoms with Gasteiger partial charge < -0.3 is 16.2 Å². The summed E-state index contributed by atoms with van der Waals surface area (Å²) in [5.74, 6) is -2.15. The lowest BCUT2D eigenvalue weighted by Crippen LogP contribution is -2.36. The second-order valence-corrected chi connectivity index (χ2v) is 9.70. The minimum absolute atomic E-state index is 0.277. The van der Waals surface area contributed by atoms with Gasteiger partial charge in [0.2, 0.25) is 9.84 Å². The van der Waals surface area contributed by atoms with E-state index in [1.165, 1.54) is 0 Å². The van der Waals surface area contributed by atoms with Crippen LogP contribution < -0.4 is 11.1 Å². The van der Waals surface area contributed by atoms with Gasteiger partial charge in [0, 0.05) is 0 Å². The standard InChI is InChI=1S/C15H13ClF3N3O5S2/c1-14(2,25)13(24)22-11-6(10(20)23)5-9(28-11)29(26,27)12-7(15(17,18)19)3-4-8(16)21-12/h3-5,25H,1-2H3,(H2,20,23)(H,22,24). The van der Waals surface area contributed by atoms with Crippen LogP contribution in [0.2, 0.25) is 5.15 Å². The van der Waals surface area contributed by atoms with Crippen LogP contribution in [0.25, 0.3) is 0 Å². The SMILES string of the molecule is CC(C)(O)C(=O)Nc1sc(S(=O)(=O)c2nc(Cl)ccc2C(F)(F)F)cc1C(N)=O. The van der Waals surface area contributed by atoms with Crippen molar-refractivity contribution < 1.29 is 36.3 Å². The van der Waals surface area contributed by atoms with E-state index in [1.54, 1.807) is 0 Å². The Kier molecular flexibility index (Phi) is 6.01. The number of aromatic nitrogens is 1. The first kappa shape index (κ1) is 23.1. The fraction of sp³-hybridized carbons (Fsp3) is 0.267. The summed E-state index contributed by atoms with van der Waals surface area (Å²) >= 11 is 5.84. The molecule has 0 aromatic carbocycles. The summed E-state index contributed by atoms with van der Waals surface area (Å²) in [6, 6.07) is 1.95. The van der Waals surface area contributed by atoms with E-state index in [4.69, 9.17) is 17.3 Å². The fourth-order valence-electron chi connectivity index (χ4n) is 1.97. The first-order chi connectivity index (χ1) is 13.0. The second-order valence-electron chi connectivity index (χ2n) is 6.17. The number of sulfone groups is 1. The molecule has 0 radical (unpaired) electrons. The number of halogens is 4. The van der Waals surface area contributed by atoms with Crippen LogP contribution in [0.5, 0.6) is 0 Å². The number of alkyl halides is 3. The lowest BCUT2D eigenvalue weighted by atomic mass is 10.1.